The predicted octanol–water partition coefficient (Wildman–Crippen LogP) is 1.17. The molecule has 0 saturated heterocycles. The van der Waals surface area contributed by atoms with E-state index in [1.165, 1.54) is 10.6 Å². The van der Waals surface area contributed by atoms with Crippen molar-refractivity contribution in [3.8, 4) is 5.75 Å². The maximum Gasteiger partial charge on any atom is 0.250 e. The molecule has 1 aromatic carbocycles. The lowest BCUT2D eigenvalue weighted by atomic mass is 10.2. The number of carbonyl (C=O) groups is 1. The lowest BCUT2D eigenvalue weighted by molar-refractivity contribution is -0.121. The normalized spacial score (nSPS) is 10.1. The third kappa shape index (κ3) is 3.71. The number of hydrogen-bond acceptors (Lipinski definition) is 3. The van der Waals surface area contributed by atoms with Crippen LogP contribution in [0, 0.1) is 0 Å². The Labute approximate surface area is 116 Å². The second kappa shape index (κ2) is 6.56. The molecule has 1 amide bonds. The molecular formula is C15H16N2O3. The van der Waals surface area contributed by atoms with Crippen LogP contribution in [0.15, 0.2) is 53.5 Å². The SMILES string of the molecule is COc1cccc(CNC(=O)Cn2ccccc2=O)c1. The molecule has 0 bridgehead atoms. The van der Waals surface area contributed by atoms with Crippen LogP contribution in [0.5, 0.6) is 5.75 Å². The molecule has 2 aromatic rings. The van der Waals surface area contributed by atoms with Crippen LogP contribution >= 0.6 is 0 Å². The van der Waals surface area contributed by atoms with Crippen molar-refractivity contribution in [3.05, 3.63) is 64.6 Å². The molecule has 20 heavy (non-hydrogen) atoms. The van der Waals surface area contributed by atoms with Gasteiger partial charge < -0.3 is 14.6 Å². The molecule has 2 rings (SSSR count). The largest absolute Gasteiger partial charge is 0.497 e. The molecule has 1 aromatic heterocycles. The first-order chi connectivity index (χ1) is 9.69. The molecule has 0 aliphatic rings. The first-order valence-electron chi connectivity index (χ1n) is 6.24. The summed E-state index contributed by atoms with van der Waals surface area (Å²) in [7, 11) is 1.60. The van der Waals surface area contributed by atoms with E-state index in [0.717, 1.165) is 11.3 Å². The van der Waals surface area contributed by atoms with E-state index >= 15 is 0 Å². The van der Waals surface area contributed by atoms with Gasteiger partial charge in [-0.1, -0.05) is 18.2 Å². The number of pyridine rings is 1. The highest BCUT2D eigenvalue weighted by Crippen LogP contribution is 2.11. The van der Waals surface area contributed by atoms with Crippen molar-refractivity contribution in [2.45, 2.75) is 13.1 Å². The van der Waals surface area contributed by atoms with Crippen LogP contribution in [0.1, 0.15) is 5.56 Å². The smallest absolute Gasteiger partial charge is 0.250 e. The van der Waals surface area contributed by atoms with Crippen molar-refractivity contribution in [2.75, 3.05) is 7.11 Å². The fraction of sp³-hybridized carbons (Fsp3) is 0.200. The monoisotopic (exact) mass is 272 g/mol. The first kappa shape index (κ1) is 13.9. The minimum absolute atomic E-state index is 0.0175. The standard InChI is InChI=1S/C15H16N2O3/c1-20-13-6-4-5-12(9-13)10-16-14(18)11-17-8-3-2-7-15(17)19/h2-9H,10-11H2,1H3,(H,16,18). The van der Waals surface area contributed by atoms with E-state index in [0.29, 0.717) is 6.54 Å². The second-order valence-corrected chi connectivity index (χ2v) is 4.30. The molecule has 0 atom stereocenters. The molecule has 0 saturated carbocycles. The summed E-state index contributed by atoms with van der Waals surface area (Å²) in [6, 6.07) is 12.3. The maximum atomic E-state index is 11.8. The topological polar surface area (TPSA) is 60.3 Å². The number of amides is 1. The van der Waals surface area contributed by atoms with E-state index in [9.17, 15) is 9.59 Å². The van der Waals surface area contributed by atoms with Gasteiger partial charge >= 0.3 is 0 Å². The van der Waals surface area contributed by atoms with Crippen molar-refractivity contribution in [1.82, 2.24) is 9.88 Å². The molecule has 1 heterocycles. The van der Waals surface area contributed by atoms with Gasteiger partial charge in [0.2, 0.25) is 5.91 Å². The van der Waals surface area contributed by atoms with Gasteiger partial charge in [0.05, 0.1) is 7.11 Å². The average Bonchev–Trinajstić information content (AvgIpc) is 2.48. The van der Waals surface area contributed by atoms with Crippen LogP contribution in [0.4, 0.5) is 0 Å². The van der Waals surface area contributed by atoms with Crippen molar-refractivity contribution in [3.63, 3.8) is 0 Å². The fourth-order valence-corrected chi connectivity index (χ4v) is 1.78. The van der Waals surface area contributed by atoms with Crippen LogP contribution in [-0.2, 0) is 17.9 Å². The minimum Gasteiger partial charge on any atom is -0.497 e. The number of carbonyl (C=O) groups excluding carboxylic acids is 1. The van der Waals surface area contributed by atoms with Gasteiger partial charge in [0.1, 0.15) is 12.3 Å². The van der Waals surface area contributed by atoms with E-state index in [1.54, 1.807) is 25.4 Å². The summed E-state index contributed by atoms with van der Waals surface area (Å²) >= 11 is 0. The summed E-state index contributed by atoms with van der Waals surface area (Å²) in [4.78, 5) is 23.3. The van der Waals surface area contributed by atoms with Gasteiger partial charge in [-0.2, -0.15) is 0 Å². The molecule has 5 heteroatoms. The Morgan fingerprint density at radius 2 is 2.10 bits per heavy atom. The van der Waals surface area contributed by atoms with Crippen LogP contribution in [0.25, 0.3) is 0 Å². The molecule has 0 fully saturated rings. The van der Waals surface area contributed by atoms with Crippen molar-refractivity contribution >= 4 is 5.91 Å². The second-order valence-electron chi connectivity index (χ2n) is 4.30. The van der Waals surface area contributed by atoms with Crippen molar-refractivity contribution in [1.29, 1.82) is 0 Å². The van der Waals surface area contributed by atoms with Crippen LogP contribution in [-0.4, -0.2) is 17.6 Å². The third-order valence-corrected chi connectivity index (χ3v) is 2.84. The quantitative estimate of drug-likeness (QED) is 0.889. The van der Waals surface area contributed by atoms with E-state index in [2.05, 4.69) is 5.32 Å². The minimum atomic E-state index is -0.207. The number of nitrogens with zero attached hydrogens (tertiary/aromatic N) is 1. The Morgan fingerprint density at radius 3 is 2.85 bits per heavy atom. The summed E-state index contributed by atoms with van der Waals surface area (Å²) < 4.78 is 6.48. The molecule has 0 aliphatic heterocycles. The predicted molar refractivity (Wildman–Crippen MR) is 75.5 cm³/mol. The van der Waals surface area contributed by atoms with Gasteiger partial charge in [-0.05, 0) is 23.8 Å². The van der Waals surface area contributed by atoms with Crippen LogP contribution in [0.2, 0.25) is 0 Å². The Bertz CT molecular complexity index is 649. The summed E-state index contributed by atoms with van der Waals surface area (Å²) in [5.41, 5.74) is 0.752. The molecule has 0 spiro atoms. The van der Waals surface area contributed by atoms with Gasteiger partial charge in [0.15, 0.2) is 0 Å². The van der Waals surface area contributed by atoms with Crippen molar-refractivity contribution < 1.29 is 9.53 Å². The van der Waals surface area contributed by atoms with Gasteiger partial charge in [-0.15, -0.1) is 0 Å². The van der Waals surface area contributed by atoms with Gasteiger partial charge in [0.25, 0.3) is 5.56 Å². The zero-order valence-electron chi connectivity index (χ0n) is 11.2. The van der Waals surface area contributed by atoms with Gasteiger partial charge in [-0.25, -0.2) is 0 Å². The highest BCUT2D eigenvalue weighted by molar-refractivity contribution is 5.75. The zero-order valence-corrected chi connectivity index (χ0v) is 11.2. The highest BCUT2D eigenvalue weighted by Gasteiger charge is 2.04. The number of rotatable bonds is 5. The lowest BCUT2D eigenvalue weighted by Gasteiger charge is -2.08. The maximum absolute atomic E-state index is 11.8. The number of methoxy groups -OCH3 is 1. The lowest BCUT2D eigenvalue weighted by Crippen LogP contribution is -2.31. The average molecular weight is 272 g/mol. The Balaban J connectivity index is 1.92. The molecule has 0 unspecified atom stereocenters. The summed E-state index contributed by atoms with van der Waals surface area (Å²) in [5.74, 6) is 0.539. The van der Waals surface area contributed by atoms with Gasteiger partial charge in [-0.3, -0.25) is 9.59 Å². The molecule has 5 nitrogen and oxygen atoms in total. The van der Waals surface area contributed by atoms with Crippen LogP contribution in [0.3, 0.4) is 0 Å². The Kier molecular flexibility index (Phi) is 4.55. The summed E-state index contributed by atoms with van der Waals surface area (Å²) in [5, 5.41) is 2.77. The number of hydrogen-bond donors (Lipinski definition) is 1. The Morgan fingerprint density at radius 1 is 1.25 bits per heavy atom. The molecule has 104 valence electrons. The fourth-order valence-electron chi connectivity index (χ4n) is 1.78. The molecule has 0 aliphatic carbocycles. The van der Waals surface area contributed by atoms with E-state index < -0.39 is 0 Å². The number of benzene rings is 1. The highest BCUT2D eigenvalue weighted by atomic mass is 16.5. The molecule has 1 N–H and O–H groups in total. The van der Waals surface area contributed by atoms with Crippen LogP contribution < -0.4 is 15.6 Å². The van der Waals surface area contributed by atoms with Crippen molar-refractivity contribution in [2.24, 2.45) is 0 Å². The first-order valence-corrected chi connectivity index (χ1v) is 6.24. The molecular weight excluding hydrogens is 256 g/mol. The molecule has 0 radical (unpaired) electrons. The number of ether oxygens (including phenoxy) is 1. The number of nitrogens with one attached hydrogen (secondary N) is 1. The van der Waals surface area contributed by atoms with E-state index in [1.807, 2.05) is 24.3 Å². The summed E-state index contributed by atoms with van der Waals surface area (Å²) in [6.07, 6.45) is 1.59. The number of aromatic nitrogens is 1. The van der Waals surface area contributed by atoms with E-state index in [-0.39, 0.29) is 18.0 Å². The Hall–Kier alpha value is -2.56. The van der Waals surface area contributed by atoms with E-state index in [4.69, 9.17) is 4.74 Å². The third-order valence-electron chi connectivity index (χ3n) is 2.84. The zero-order chi connectivity index (χ0) is 14.4. The van der Waals surface area contributed by atoms with Gasteiger partial charge in [0, 0.05) is 18.8 Å². The summed E-state index contributed by atoms with van der Waals surface area (Å²) in [6.45, 7) is 0.418.